The molecule has 0 fully saturated rings. The Labute approximate surface area is 96.7 Å². The molecule has 0 aliphatic carbocycles. The molecule has 6 heteroatoms. The number of carbonyl (C=O) groups is 2. The van der Waals surface area contributed by atoms with Crippen LogP contribution in [-0.4, -0.2) is 28.2 Å². The molecule has 1 aromatic carbocycles. The van der Waals surface area contributed by atoms with Gasteiger partial charge >= 0.3 is 11.9 Å². The first-order chi connectivity index (χ1) is 7.82. The maximum absolute atomic E-state index is 13.2. The van der Waals surface area contributed by atoms with Crippen LogP contribution in [0, 0.1) is 12.7 Å². The molecule has 5 nitrogen and oxygen atoms in total. The Morgan fingerprint density at radius 3 is 2.47 bits per heavy atom. The highest BCUT2D eigenvalue weighted by Gasteiger charge is 2.17. The zero-order valence-corrected chi connectivity index (χ0v) is 9.11. The molecule has 0 amide bonds. The Balaban J connectivity index is 3.12. The minimum Gasteiger partial charge on any atom is -0.480 e. The summed E-state index contributed by atoms with van der Waals surface area (Å²) in [6.45, 7) is 1.57. The number of nitrogens with two attached hydrogens (primary N) is 1. The van der Waals surface area contributed by atoms with Crippen LogP contribution in [0.5, 0.6) is 0 Å². The van der Waals surface area contributed by atoms with Crippen LogP contribution in [0.1, 0.15) is 21.5 Å². The lowest BCUT2D eigenvalue weighted by Gasteiger charge is -2.11. The van der Waals surface area contributed by atoms with Crippen LogP contribution >= 0.6 is 0 Å². The molecular weight excluding hydrogens is 229 g/mol. The number of hydrogen-bond donors (Lipinski definition) is 3. The number of aromatic carboxylic acids is 1. The standard InChI is InChI=1S/C11H12FNO4/c1-5-2-8(12)7(10(14)15)3-6(5)4-9(13)11(16)17/h2-3,9H,4,13H2,1H3,(H,14,15)(H,16,17). The van der Waals surface area contributed by atoms with Gasteiger partial charge in [0, 0.05) is 0 Å². The smallest absolute Gasteiger partial charge is 0.338 e. The lowest BCUT2D eigenvalue weighted by Crippen LogP contribution is -2.32. The number of carboxylic acids is 2. The van der Waals surface area contributed by atoms with Crippen LogP contribution in [0.3, 0.4) is 0 Å². The zero-order chi connectivity index (χ0) is 13.2. The molecule has 1 rings (SSSR count). The van der Waals surface area contributed by atoms with E-state index in [9.17, 15) is 14.0 Å². The lowest BCUT2D eigenvalue weighted by molar-refractivity contribution is -0.138. The Bertz CT molecular complexity index is 473. The summed E-state index contributed by atoms with van der Waals surface area (Å²) in [6, 6.07) is 1.05. The molecule has 0 spiro atoms. The third-order valence-electron chi connectivity index (χ3n) is 2.41. The van der Waals surface area contributed by atoms with Gasteiger partial charge in [-0.25, -0.2) is 9.18 Å². The van der Waals surface area contributed by atoms with Crippen molar-refractivity contribution >= 4 is 11.9 Å². The number of carboxylic acid groups (broad SMARTS) is 2. The summed E-state index contributed by atoms with van der Waals surface area (Å²) < 4.78 is 13.2. The van der Waals surface area contributed by atoms with Crippen LogP contribution in [0.2, 0.25) is 0 Å². The molecule has 1 aromatic rings. The molecule has 0 bridgehead atoms. The van der Waals surface area contributed by atoms with Crippen molar-refractivity contribution < 1.29 is 24.2 Å². The van der Waals surface area contributed by atoms with Gasteiger partial charge in [0.2, 0.25) is 0 Å². The van der Waals surface area contributed by atoms with Crippen molar-refractivity contribution in [3.63, 3.8) is 0 Å². The predicted octanol–water partition coefficient (Wildman–Crippen LogP) is 0.787. The van der Waals surface area contributed by atoms with Gasteiger partial charge in [-0.15, -0.1) is 0 Å². The topological polar surface area (TPSA) is 101 Å². The van der Waals surface area contributed by atoms with Gasteiger partial charge in [0.15, 0.2) is 0 Å². The first-order valence-electron chi connectivity index (χ1n) is 4.83. The molecule has 92 valence electrons. The highest BCUT2D eigenvalue weighted by molar-refractivity contribution is 5.88. The first-order valence-corrected chi connectivity index (χ1v) is 4.83. The summed E-state index contributed by atoms with van der Waals surface area (Å²) in [5.41, 5.74) is 5.75. The van der Waals surface area contributed by atoms with Gasteiger partial charge in [-0.1, -0.05) is 0 Å². The van der Waals surface area contributed by atoms with Gasteiger partial charge in [-0.2, -0.15) is 0 Å². The maximum Gasteiger partial charge on any atom is 0.338 e. The number of benzene rings is 1. The van der Waals surface area contributed by atoms with Crippen molar-refractivity contribution in [3.8, 4) is 0 Å². The monoisotopic (exact) mass is 241 g/mol. The van der Waals surface area contributed by atoms with Crippen molar-refractivity contribution in [1.29, 1.82) is 0 Å². The average molecular weight is 241 g/mol. The van der Waals surface area contributed by atoms with Gasteiger partial charge in [0.05, 0.1) is 5.56 Å². The van der Waals surface area contributed by atoms with Crippen molar-refractivity contribution in [1.82, 2.24) is 0 Å². The molecule has 1 unspecified atom stereocenters. The summed E-state index contributed by atoms with van der Waals surface area (Å²) in [5.74, 6) is -3.43. The van der Waals surface area contributed by atoms with Crippen molar-refractivity contribution in [3.05, 3.63) is 34.6 Å². The zero-order valence-electron chi connectivity index (χ0n) is 9.11. The van der Waals surface area contributed by atoms with Crippen LogP contribution in [0.25, 0.3) is 0 Å². The lowest BCUT2D eigenvalue weighted by atomic mass is 9.98. The third-order valence-corrected chi connectivity index (χ3v) is 2.41. The van der Waals surface area contributed by atoms with Gasteiger partial charge < -0.3 is 15.9 Å². The molecule has 0 heterocycles. The fraction of sp³-hybridized carbons (Fsp3) is 0.273. The molecule has 0 radical (unpaired) electrons. The number of halogens is 1. The van der Waals surface area contributed by atoms with Crippen LogP contribution in [0.15, 0.2) is 12.1 Å². The number of hydrogen-bond acceptors (Lipinski definition) is 3. The molecule has 0 aliphatic heterocycles. The normalized spacial score (nSPS) is 12.2. The van der Waals surface area contributed by atoms with Crippen molar-refractivity contribution in [2.24, 2.45) is 5.73 Å². The van der Waals surface area contributed by atoms with E-state index >= 15 is 0 Å². The quantitative estimate of drug-likeness (QED) is 0.723. The Morgan fingerprint density at radius 1 is 1.41 bits per heavy atom. The highest BCUT2D eigenvalue weighted by atomic mass is 19.1. The summed E-state index contributed by atoms with van der Waals surface area (Å²) in [4.78, 5) is 21.3. The predicted molar refractivity (Wildman–Crippen MR) is 57.4 cm³/mol. The van der Waals surface area contributed by atoms with Gasteiger partial charge in [0.1, 0.15) is 11.9 Å². The van der Waals surface area contributed by atoms with E-state index in [0.717, 1.165) is 12.1 Å². The van der Waals surface area contributed by atoms with Crippen LogP contribution < -0.4 is 5.73 Å². The summed E-state index contributed by atoms with van der Waals surface area (Å²) in [5, 5.41) is 17.4. The van der Waals surface area contributed by atoms with Gasteiger partial charge in [0.25, 0.3) is 0 Å². The minimum atomic E-state index is -1.40. The van der Waals surface area contributed by atoms with E-state index in [1.54, 1.807) is 6.92 Å². The van der Waals surface area contributed by atoms with E-state index in [1.807, 2.05) is 0 Å². The van der Waals surface area contributed by atoms with E-state index in [4.69, 9.17) is 15.9 Å². The average Bonchev–Trinajstić information content (AvgIpc) is 2.21. The molecule has 0 saturated heterocycles. The number of rotatable bonds is 4. The third kappa shape index (κ3) is 3.01. The molecule has 0 aliphatic rings. The van der Waals surface area contributed by atoms with Gasteiger partial charge in [-0.3, -0.25) is 4.79 Å². The van der Waals surface area contributed by atoms with E-state index in [0.29, 0.717) is 11.1 Å². The molecule has 17 heavy (non-hydrogen) atoms. The van der Waals surface area contributed by atoms with Crippen LogP contribution in [-0.2, 0) is 11.2 Å². The fourth-order valence-electron chi connectivity index (χ4n) is 1.43. The van der Waals surface area contributed by atoms with Crippen LogP contribution in [0.4, 0.5) is 4.39 Å². The summed E-state index contributed by atoms with van der Waals surface area (Å²) >= 11 is 0. The van der Waals surface area contributed by atoms with Gasteiger partial charge in [-0.05, 0) is 36.6 Å². The second-order valence-corrected chi connectivity index (χ2v) is 3.71. The second-order valence-electron chi connectivity index (χ2n) is 3.71. The number of aryl methyl sites for hydroxylation is 1. The molecule has 4 N–H and O–H groups in total. The summed E-state index contributed by atoms with van der Waals surface area (Å²) in [6.07, 6.45) is -0.0400. The molecule has 0 saturated carbocycles. The molecule has 0 aromatic heterocycles. The number of aliphatic carboxylic acids is 1. The largest absolute Gasteiger partial charge is 0.480 e. The Hall–Kier alpha value is -1.95. The minimum absolute atomic E-state index is 0.0400. The van der Waals surface area contributed by atoms with E-state index in [2.05, 4.69) is 0 Å². The maximum atomic E-state index is 13.2. The fourth-order valence-corrected chi connectivity index (χ4v) is 1.43. The molecular formula is C11H12FNO4. The first kappa shape index (κ1) is 13.1. The summed E-state index contributed by atoms with van der Waals surface area (Å²) in [7, 11) is 0. The van der Waals surface area contributed by atoms with E-state index in [-0.39, 0.29) is 6.42 Å². The second kappa shape index (κ2) is 4.92. The van der Waals surface area contributed by atoms with E-state index < -0.39 is 29.4 Å². The Kier molecular flexibility index (Phi) is 3.80. The van der Waals surface area contributed by atoms with E-state index in [1.165, 1.54) is 0 Å². The van der Waals surface area contributed by atoms with Crippen molar-refractivity contribution in [2.45, 2.75) is 19.4 Å². The Morgan fingerprint density at radius 2 is 2.00 bits per heavy atom. The van der Waals surface area contributed by atoms with Crippen molar-refractivity contribution in [2.75, 3.05) is 0 Å². The SMILES string of the molecule is Cc1cc(F)c(C(=O)O)cc1CC(N)C(=O)O. The molecule has 1 atom stereocenters. The highest BCUT2D eigenvalue weighted by Crippen LogP contribution is 2.17.